The smallest absolute Gasteiger partial charge is 0.128 e. The van der Waals surface area contributed by atoms with Gasteiger partial charge in [-0.15, -0.1) is 0 Å². The van der Waals surface area contributed by atoms with E-state index in [4.69, 9.17) is 4.74 Å². The van der Waals surface area contributed by atoms with Crippen molar-refractivity contribution in [3.8, 4) is 39.4 Å². The van der Waals surface area contributed by atoms with E-state index < -0.39 is 0 Å². The molecule has 5 rings (SSSR count). The maximum Gasteiger partial charge on any atom is 0.128 e. The van der Waals surface area contributed by atoms with Crippen LogP contribution in [0.4, 0.5) is 0 Å². The number of aromatic nitrogens is 4. The van der Waals surface area contributed by atoms with Crippen LogP contribution in [0.5, 0.6) is 5.75 Å². The summed E-state index contributed by atoms with van der Waals surface area (Å²) < 4.78 is 6.09. The fraction of sp³-hybridized carbons (Fsp3) is 0.0909. The lowest BCUT2D eigenvalue weighted by molar-refractivity contribution is 0.302. The summed E-state index contributed by atoms with van der Waals surface area (Å²) in [6.07, 6.45) is 5.30. The van der Waals surface area contributed by atoms with Crippen LogP contribution in [-0.4, -0.2) is 19.9 Å². The number of hydrogen-bond acceptors (Lipinski definition) is 3. The Bertz CT molecular complexity index is 1210. The third-order valence-corrected chi connectivity index (χ3v) is 5.40. The zero-order valence-corrected chi connectivity index (χ0v) is 16.6. The second-order valence-corrected chi connectivity index (χ2v) is 7.42. The largest absolute Gasteiger partial charge is 0.488 e. The Balaban J connectivity index is 1.62. The van der Waals surface area contributed by atoms with Crippen LogP contribution in [0, 0.1) is 6.92 Å². The first-order chi connectivity index (χ1) is 13.6. The molecule has 2 N–H and O–H groups in total. The standard InChI is InChI=1S/C22H19N4OP/c1-3-18-21(26-22(28)25-18)16-7-14-10-27-20-8-13(19-9-23-11-24-19)4-5-15(20)17(14)6-12(16)2/h3-9,11H,1,10,28H2,2H3,(H,23,24)(H,25,26). The maximum atomic E-state index is 6.09. The second kappa shape index (κ2) is 6.47. The maximum absolute atomic E-state index is 6.09. The minimum atomic E-state index is 0.531. The molecule has 28 heavy (non-hydrogen) atoms. The second-order valence-electron chi connectivity index (χ2n) is 6.88. The van der Waals surface area contributed by atoms with Crippen molar-refractivity contribution in [1.82, 2.24) is 19.9 Å². The summed E-state index contributed by atoms with van der Waals surface area (Å²) in [5, 5.41) is 0. The van der Waals surface area contributed by atoms with Gasteiger partial charge in [-0.1, -0.05) is 28.0 Å². The number of fused-ring (bicyclic) bond motifs is 3. The van der Waals surface area contributed by atoms with E-state index >= 15 is 0 Å². The van der Waals surface area contributed by atoms with Gasteiger partial charge in [-0.25, -0.2) is 9.97 Å². The molecule has 0 saturated carbocycles. The van der Waals surface area contributed by atoms with Crippen molar-refractivity contribution in [3.05, 3.63) is 66.3 Å². The first-order valence-electron chi connectivity index (χ1n) is 9.02. The number of ether oxygens (including phenoxy) is 1. The summed E-state index contributed by atoms with van der Waals surface area (Å²) in [6.45, 7) is 6.54. The Morgan fingerprint density at radius 1 is 1.18 bits per heavy atom. The fourth-order valence-corrected chi connectivity index (χ4v) is 4.02. The molecule has 0 bridgehead atoms. The van der Waals surface area contributed by atoms with Crippen molar-refractivity contribution in [2.24, 2.45) is 0 Å². The van der Waals surface area contributed by atoms with Gasteiger partial charge in [0.1, 0.15) is 17.9 Å². The molecule has 6 heteroatoms. The van der Waals surface area contributed by atoms with Gasteiger partial charge < -0.3 is 14.7 Å². The van der Waals surface area contributed by atoms with Crippen molar-refractivity contribution >= 4 is 20.9 Å². The molecule has 3 heterocycles. The molecule has 1 unspecified atom stereocenters. The molecule has 4 aromatic rings. The first kappa shape index (κ1) is 17.0. The Morgan fingerprint density at radius 3 is 2.86 bits per heavy atom. The topological polar surface area (TPSA) is 66.6 Å². The van der Waals surface area contributed by atoms with E-state index in [0.29, 0.717) is 6.61 Å². The molecule has 0 spiro atoms. The highest BCUT2D eigenvalue weighted by molar-refractivity contribution is 7.26. The van der Waals surface area contributed by atoms with Crippen LogP contribution in [0.25, 0.3) is 39.7 Å². The molecule has 1 aliphatic heterocycles. The lowest BCUT2D eigenvalue weighted by Crippen LogP contribution is -2.07. The van der Waals surface area contributed by atoms with Gasteiger partial charge in [-0.3, -0.25) is 0 Å². The highest BCUT2D eigenvalue weighted by Gasteiger charge is 2.21. The normalized spacial score (nSPS) is 12.2. The van der Waals surface area contributed by atoms with Crippen molar-refractivity contribution < 1.29 is 4.74 Å². The number of nitrogens with zero attached hydrogens (tertiary/aromatic N) is 2. The van der Waals surface area contributed by atoms with Crippen molar-refractivity contribution in [3.63, 3.8) is 0 Å². The quantitative estimate of drug-likeness (QED) is 0.510. The summed E-state index contributed by atoms with van der Waals surface area (Å²) in [7, 11) is 2.61. The van der Waals surface area contributed by atoms with Crippen LogP contribution < -0.4 is 10.3 Å². The van der Waals surface area contributed by atoms with Gasteiger partial charge in [0.2, 0.25) is 0 Å². The Morgan fingerprint density at radius 2 is 2.07 bits per heavy atom. The molecule has 0 saturated heterocycles. The number of aromatic amines is 2. The predicted octanol–water partition coefficient (Wildman–Crippen LogP) is 4.48. The minimum absolute atomic E-state index is 0.531. The molecular weight excluding hydrogens is 367 g/mol. The average molecular weight is 386 g/mol. The van der Waals surface area contributed by atoms with Crippen molar-refractivity contribution in [2.45, 2.75) is 13.5 Å². The fourth-order valence-electron chi connectivity index (χ4n) is 3.74. The summed E-state index contributed by atoms with van der Waals surface area (Å²) in [6, 6.07) is 10.7. The zero-order valence-electron chi connectivity index (χ0n) is 15.4. The van der Waals surface area contributed by atoms with Crippen molar-refractivity contribution in [2.75, 3.05) is 0 Å². The summed E-state index contributed by atoms with van der Waals surface area (Å²) in [4.78, 5) is 15.1. The van der Waals surface area contributed by atoms with Gasteiger partial charge in [0.05, 0.1) is 29.6 Å². The minimum Gasteiger partial charge on any atom is -0.488 e. The van der Waals surface area contributed by atoms with Gasteiger partial charge in [-0.05, 0) is 47.9 Å². The van der Waals surface area contributed by atoms with Gasteiger partial charge >= 0.3 is 0 Å². The van der Waals surface area contributed by atoms with E-state index in [1.54, 1.807) is 12.4 Å². The van der Waals surface area contributed by atoms with E-state index in [9.17, 15) is 0 Å². The molecule has 1 atom stereocenters. The number of hydrogen-bond donors (Lipinski definition) is 2. The Hall–Kier alpha value is -3.17. The van der Waals surface area contributed by atoms with E-state index in [2.05, 4.69) is 73.0 Å². The highest BCUT2D eigenvalue weighted by atomic mass is 31.0. The average Bonchev–Trinajstić information content (AvgIpc) is 3.36. The third kappa shape index (κ3) is 2.67. The summed E-state index contributed by atoms with van der Waals surface area (Å²) in [5.74, 6) is 0.894. The Labute approximate surface area is 165 Å². The molecule has 2 aromatic heterocycles. The van der Waals surface area contributed by atoms with E-state index in [1.165, 1.54) is 11.1 Å². The molecule has 1 aliphatic rings. The van der Waals surface area contributed by atoms with Crippen LogP contribution in [0.15, 0.2) is 49.4 Å². The van der Waals surface area contributed by atoms with Crippen LogP contribution in [-0.2, 0) is 6.61 Å². The molecule has 0 amide bonds. The number of imidazole rings is 2. The lowest BCUT2D eigenvalue weighted by atomic mass is 9.90. The van der Waals surface area contributed by atoms with E-state index in [-0.39, 0.29) is 0 Å². The van der Waals surface area contributed by atoms with E-state index in [1.807, 2.05) is 6.20 Å². The number of benzene rings is 2. The van der Waals surface area contributed by atoms with Gasteiger partial charge in [0.25, 0.3) is 0 Å². The number of H-pyrrole nitrogens is 2. The lowest BCUT2D eigenvalue weighted by Gasteiger charge is -2.23. The first-order valence-corrected chi connectivity index (χ1v) is 9.59. The van der Waals surface area contributed by atoms with E-state index in [0.717, 1.165) is 50.7 Å². The van der Waals surface area contributed by atoms with Crippen LogP contribution >= 0.6 is 9.24 Å². The number of nitrogens with one attached hydrogen (secondary N) is 2. The SMILES string of the molecule is C=Cc1[nH]c(P)nc1-c1cc2c(cc1C)-c1ccc(-c3cnc[nH]3)cc1OC2. The molecule has 138 valence electrons. The molecule has 0 fully saturated rings. The molecule has 0 aliphatic carbocycles. The monoisotopic (exact) mass is 386 g/mol. The van der Waals surface area contributed by atoms with Gasteiger partial charge in [-0.2, -0.15) is 0 Å². The van der Waals surface area contributed by atoms with Crippen molar-refractivity contribution in [1.29, 1.82) is 0 Å². The van der Waals surface area contributed by atoms with Gasteiger partial charge in [0.15, 0.2) is 0 Å². The third-order valence-electron chi connectivity index (χ3n) is 5.12. The Kier molecular flexibility index (Phi) is 3.92. The predicted molar refractivity (Wildman–Crippen MR) is 116 cm³/mol. The molecule has 5 nitrogen and oxygen atoms in total. The molecule has 2 aromatic carbocycles. The summed E-state index contributed by atoms with van der Waals surface area (Å²) in [5.41, 5.74) is 10.4. The highest BCUT2D eigenvalue weighted by Crippen LogP contribution is 2.42. The number of rotatable bonds is 3. The zero-order chi connectivity index (χ0) is 19.3. The summed E-state index contributed by atoms with van der Waals surface area (Å²) >= 11 is 0. The number of aryl methyl sites for hydroxylation is 1. The van der Waals surface area contributed by atoms with Crippen LogP contribution in [0.3, 0.4) is 0 Å². The molecular formula is C22H19N4OP. The molecule has 0 radical (unpaired) electrons. The van der Waals surface area contributed by atoms with Crippen LogP contribution in [0.1, 0.15) is 16.8 Å². The van der Waals surface area contributed by atoms with Gasteiger partial charge in [0, 0.05) is 16.7 Å². The van der Waals surface area contributed by atoms with Crippen LogP contribution in [0.2, 0.25) is 0 Å².